The molecule has 0 saturated carbocycles. The molecule has 4 heteroatoms. The van der Waals surface area contributed by atoms with Gasteiger partial charge in [-0.1, -0.05) is 18.2 Å². The predicted molar refractivity (Wildman–Crippen MR) is 75.3 cm³/mol. The highest BCUT2D eigenvalue weighted by molar-refractivity contribution is 5.75. The number of carbonyl (C=O) groups is 1. The second kappa shape index (κ2) is 7.79. The molecule has 106 valence electrons. The molecule has 0 bridgehead atoms. The van der Waals surface area contributed by atoms with Crippen molar-refractivity contribution in [1.29, 1.82) is 0 Å². The number of hydrogen-bond donors (Lipinski definition) is 1. The lowest BCUT2D eigenvalue weighted by atomic mass is 10.1. The number of ether oxygens (including phenoxy) is 2. The molecule has 0 heterocycles. The first-order chi connectivity index (χ1) is 9.10. The van der Waals surface area contributed by atoms with Gasteiger partial charge in [0, 0.05) is 11.6 Å². The monoisotopic (exact) mass is 265 g/mol. The molecule has 0 saturated heterocycles. The fourth-order valence-corrected chi connectivity index (χ4v) is 1.93. The van der Waals surface area contributed by atoms with Crippen molar-refractivity contribution in [3.8, 4) is 5.75 Å². The summed E-state index contributed by atoms with van der Waals surface area (Å²) in [5.74, 6) is 0.615. The maximum atomic E-state index is 11.6. The summed E-state index contributed by atoms with van der Waals surface area (Å²) in [5, 5.41) is 3.22. The average molecular weight is 265 g/mol. The number of para-hydroxylation sites is 1. The van der Waals surface area contributed by atoms with Crippen molar-refractivity contribution in [2.24, 2.45) is 0 Å². The van der Waals surface area contributed by atoms with Crippen molar-refractivity contribution in [1.82, 2.24) is 5.32 Å². The number of nitrogens with one attached hydrogen (secondary N) is 1. The zero-order valence-corrected chi connectivity index (χ0v) is 12.1. The molecule has 0 amide bonds. The van der Waals surface area contributed by atoms with Crippen LogP contribution in [0.3, 0.4) is 0 Å². The van der Waals surface area contributed by atoms with E-state index in [0.29, 0.717) is 13.2 Å². The van der Waals surface area contributed by atoms with Crippen molar-refractivity contribution < 1.29 is 14.3 Å². The smallest absolute Gasteiger partial charge is 0.322 e. The zero-order chi connectivity index (χ0) is 14.3. The summed E-state index contributed by atoms with van der Waals surface area (Å²) >= 11 is 0. The molecule has 0 aromatic heterocycles. The average Bonchev–Trinajstić information content (AvgIpc) is 2.39. The fourth-order valence-electron chi connectivity index (χ4n) is 1.93. The van der Waals surface area contributed by atoms with Gasteiger partial charge in [0.05, 0.1) is 13.2 Å². The van der Waals surface area contributed by atoms with Crippen LogP contribution in [0.5, 0.6) is 5.75 Å². The molecule has 0 aliphatic heterocycles. The third-order valence-corrected chi connectivity index (χ3v) is 2.83. The minimum atomic E-state index is -0.343. The maximum Gasteiger partial charge on any atom is 0.322 e. The van der Waals surface area contributed by atoms with Crippen LogP contribution in [0.25, 0.3) is 0 Å². The molecular formula is C15H23NO3. The highest BCUT2D eigenvalue weighted by atomic mass is 16.5. The molecular weight excluding hydrogens is 242 g/mol. The summed E-state index contributed by atoms with van der Waals surface area (Å²) < 4.78 is 10.6. The summed E-state index contributed by atoms with van der Waals surface area (Å²) in [5.41, 5.74) is 1.04. The molecule has 1 rings (SSSR count). The van der Waals surface area contributed by atoms with E-state index in [9.17, 15) is 4.79 Å². The predicted octanol–water partition coefficient (Wildman–Crippen LogP) is 2.69. The van der Waals surface area contributed by atoms with E-state index in [1.165, 1.54) is 0 Å². The Morgan fingerprint density at radius 2 is 1.89 bits per heavy atom. The van der Waals surface area contributed by atoms with Crippen molar-refractivity contribution in [3.63, 3.8) is 0 Å². The first-order valence-electron chi connectivity index (χ1n) is 6.74. The SMILES string of the molecule is CCOC(=O)C(C)NC(C)c1ccccc1OCC. The van der Waals surface area contributed by atoms with Gasteiger partial charge in [-0.2, -0.15) is 0 Å². The lowest BCUT2D eigenvalue weighted by Gasteiger charge is -2.21. The maximum absolute atomic E-state index is 11.6. The normalized spacial score (nSPS) is 13.7. The van der Waals surface area contributed by atoms with Gasteiger partial charge in [0.2, 0.25) is 0 Å². The van der Waals surface area contributed by atoms with Crippen LogP contribution in [0.15, 0.2) is 24.3 Å². The van der Waals surface area contributed by atoms with Gasteiger partial charge in [-0.15, -0.1) is 0 Å². The van der Waals surface area contributed by atoms with Gasteiger partial charge in [-0.3, -0.25) is 10.1 Å². The zero-order valence-electron chi connectivity index (χ0n) is 12.1. The van der Waals surface area contributed by atoms with Gasteiger partial charge < -0.3 is 9.47 Å². The lowest BCUT2D eigenvalue weighted by Crippen LogP contribution is -2.37. The standard InChI is InChI=1S/C15H23NO3/c1-5-18-14-10-8-7-9-13(14)11(3)16-12(4)15(17)19-6-2/h7-12,16H,5-6H2,1-4H3. The Labute approximate surface area is 115 Å². The molecule has 0 spiro atoms. The van der Waals surface area contributed by atoms with E-state index in [1.807, 2.05) is 38.1 Å². The summed E-state index contributed by atoms with van der Waals surface area (Å²) in [7, 11) is 0. The number of rotatable bonds is 7. The summed E-state index contributed by atoms with van der Waals surface area (Å²) in [6, 6.07) is 7.51. The molecule has 0 radical (unpaired) electrons. The molecule has 0 aliphatic carbocycles. The van der Waals surface area contributed by atoms with Crippen LogP contribution in [0.4, 0.5) is 0 Å². The van der Waals surface area contributed by atoms with Crippen molar-refractivity contribution in [3.05, 3.63) is 29.8 Å². The summed E-state index contributed by atoms with van der Waals surface area (Å²) in [6.45, 7) is 8.59. The van der Waals surface area contributed by atoms with Crippen LogP contribution in [0.2, 0.25) is 0 Å². The van der Waals surface area contributed by atoms with Gasteiger partial charge in [-0.05, 0) is 33.8 Å². The topological polar surface area (TPSA) is 47.6 Å². The van der Waals surface area contributed by atoms with E-state index in [1.54, 1.807) is 13.8 Å². The largest absolute Gasteiger partial charge is 0.494 e. The summed E-state index contributed by atoms with van der Waals surface area (Å²) in [4.78, 5) is 11.6. The molecule has 2 unspecified atom stereocenters. The Morgan fingerprint density at radius 3 is 2.53 bits per heavy atom. The van der Waals surface area contributed by atoms with Crippen molar-refractivity contribution in [2.75, 3.05) is 13.2 Å². The molecule has 1 N–H and O–H groups in total. The minimum Gasteiger partial charge on any atom is -0.494 e. The second-order valence-electron chi connectivity index (χ2n) is 4.33. The van der Waals surface area contributed by atoms with Crippen LogP contribution in [0.1, 0.15) is 39.3 Å². The highest BCUT2D eigenvalue weighted by Gasteiger charge is 2.19. The summed E-state index contributed by atoms with van der Waals surface area (Å²) in [6.07, 6.45) is 0. The molecule has 1 aromatic rings. The Hall–Kier alpha value is -1.55. The Bertz CT molecular complexity index is 406. The van der Waals surface area contributed by atoms with E-state index in [0.717, 1.165) is 11.3 Å². The highest BCUT2D eigenvalue weighted by Crippen LogP contribution is 2.25. The van der Waals surface area contributed by atoms with Crippen LogP contribution in [0, 0.1) is 0 Å². The number of benzene rings is 1. The second-order valence-corrected chi connectivity index (χ2v) is 4.33. The van der Waals surface area contributed by atoms with E-state index in [-0.39, 0.29) is 18.1 Å². The molecule has 2 atom stereocenters. The molecule has 0 fully saturated rings. The van der Waals surface area contributed by atoms with E-state index >= 15 is 0 Å². The third kappa shape index (κ3) is 4.56. The van der Waals surface area contributed by atoms with E-state index < -0.39 is 0 Å². The van der Waals surface area contributed by atoms with Gasteiger partial charge in [-0.25, -0.2) is 0 Å². The number of carbonyl (C=O) groups excluding carboxylic acids is 1. The Balaban J connectivity index is 2.72. The molecule has 19 heavy (non-hydrogen) atoms. The fraction of sp³-hybridized carbons (Fsp3) is 0.533. The van der Waals surface area contributed by atoms with Crippen LogP contribution >= 0.6 is 0 Å². The number of hydrogen-bond acceptors (Lipinski definition) is 4. The van der Waals surface area contributed by atoms with Gasteiger partial charge >= 0.3 is 5.97 Å². The first-order valence-corrected chi connectivity index (χ1v) is 6.74. The quantitative estimate of drug-likeness (QED) is 0.770. The van der Waals surface area contributed by atoms with Crippen LogP contribution in [-0.4, -0.2) is 25.2 Å². The van der Waals surface area contributed by atoms with Gasteiger partial charge in [0.25, 0.3) is 0 Å². The third-order valence-electron chi connectivity index (χ3n) is 2.83. The number of esters is 1. The van der Waals surface area contributed by atoms with Gasteiger partial charge in [0.15, 0.2) is 0 Å². The van der Waals surface area contributed by atoms with Crippen LogP contribution < -0.4 is 10.1 Å². The lowest BCUT2D eigenvalue weighted by molar-refractivity contribution is -0.145. The van der Waals surface area contributed by atoms with E-state index in [4.69, 9.17) is 9.47 Å². The van der Waals surface area contributed by atoms with E-state index in [2.05, 4.69) is 5.32 Å². The Morgan fingerprint density at radius 1 is 1.21 bits per heavy atom. The van der Waals surface area contributed by atoms with Crippen molar-refractivity contribution >= 4 is 5.97 Å². The molecule has 4 nitrogen and oxygen atoms in total. The van der Waals surface area contributed by atoms with Crippen molar-refractivity contribution in [2.45, 2.75) is 39.8 Å². The molecule has 1 aromatic carbocycles. The first kappa shape index (κ1) is 15.5. The Kier molecular flexibility index (Phi) is 6.36. The minimum absolute atomic E-state index is 0.0159. The van der Waals surface area contributed by atoms with Crippen LogP contribution in [-0.2, 0) is 9.53 Å². The molecule has 0 aliphatic rings. The van der Waals surface area contributed by atoms with Gasteiger partial charge in [0.1, 0.15) is 11.8 Å².